The van der Waals surface area contributed by atoms with Crippen molar-refractivity contribution in [1.82, 2.24) is 10.2 Å². The highest BCUT2D eigenvalue weighted by Gasteiger charge is 2.39. The number of hydrogen-bond acceptors (Lipinski definition) is 3. The van der Waals surface area contributed by atoms with Crippen LogP contribution in [0.4, 0.5) is 0 Å². The van der Waals surface area contributed by atoms with Crippen LogP contribution in [0, 0.1) is 17.8 Å². The number of carbonyl (C=O) groups is 2. The number of carbonyl (C=O) groups excluding carboxylic acids is 2. The number of aliphatic hydroxyl groups excluding tert-OH is 1. The van der Waals surface area contributed by atoms with Gasteiger partial charge in [-0.3, -0.25) is 9.59 Å². The van der Waals surface area contributed by atoms with Crippen LogP contribution in [0.5, 0.6) is 0 Å². The molecule has 0 bridgehead atoms. The number of nitrogens with one attached hydrogen (secondary N) is 1. The first kappa shape index (κ1) is 18.2. The molecule has 132 valence electrons. The van der Waals surface area contributed by atoms with Crippen LogP contribution in [0.15, 0.2) is 0 Å². The summed E-state index contributed by atoms with van der Waals surface area (Å²) < 4.78 is 0. The number of amides is 2. The third-order valence-corrected chi connectivity index (χ3v) is 5.28. The van der Waals surface area contributed by atoms with Gasteiger partial charge in [0.05, 0.1) is 18.6 Å². The van der Waals surface area contributed by atoms with Gasteiger partial charge < -0.3 is 15.3 Å². The van der Waals surface area contributed by atoms with Gasteiger partial charge in [0.1, 0.15) is 0 Å². The summed E-state index contributed by atoms with van der Waals surface area (Å²) in [6.45, 7) is 6.90. The lowest BCUT2D eigenvalue weighted by atomic mass is 9.86. The molecule has 1 saturated heterocycles. The van der Waals surface area contributed by atoms with E-state index in [2.05, 4.69) is 26.1 Å². The Morgan fingerprint density at radius 1 is 1.30 bits per heavy atom. The predicted octanol–water partition coefficient (Wildman–Crippen LogP) is 1.94. The number of likely N-dealkylation sites (tertiary alicyclic amines) is 1. The van der Waals surface area contributed by atoms with E-state index in [0.717, 1.165) is 25.2 Å². The highest BCUT2D eigenvalue weighted by atomic mass is 16.3. The lowest BCUT2D eigenvalue weighted by molar-refractivity contribution is -0.131. The van der Waals surface area contributed by atoms with Crippen LogP contribution >= 0.6 is 0 Å². The summed E-state index contributed by atoms with van der Waals surface area (Å²) >= 11 is 0. The summed E-state index contributed by atoms with van der Waals surface area (Å²) in [6.07, 6.45) is 5.55. The second kappa shape index (κ2) is 8.13. The Kier molecular flexibility index (Phi) is 6.45. The molecule has 2 rings (SSSR count). The molecule has 0 aromatic heterocycles. The van der Waals surface area contributed by atoms with E-state index in [0.29, 0.717) is 24.9 Å². The number of aliphatic hydroxyl groups is 1. The minimum Gasteiger partial charge on any atom is -0.394 e. The van der Waals surface area contributed by atoms with Crippen LogP contribution < -0.4 is 5.32 Å². The first-order valence-electron chi connectivity index (χ1n) is 9.11. The lowest BCUT2D eigenvalue weighted by Gasteiger charge is -2.33. The zero-order valence-electron chi connectivity index (χ0n) is 14.8. The molecular formula is C18H32N2O3. The molecule has 5 heteroatoms. The van der Waals surface area contributed by atoms with Gasteiger partial charge in [0.2, 0.25) is 11.8 Å². The minimum absolute atomic E-state index is 0.0468. The van der Waals surface area contributed by atoms with Crippen molar-refractivity contribution in [3.63, 3.8) is 0 Å². The molecule has 5 nitrogen and oxygen atoms in total. The standard InChI is InChI=1S/C18H32N2O3/c1-12(2)8-15(11-21)19-18(23)14-9-17(22)20(10-14)16-6-4-13(3)5-7-16/h12-16,21H,4-11H2,1-3H3,(H,19,23). The van der Waals surface area contributed by atoms with Gasteiger partial charge in [-0.15, -0.1) is 0 Å². The quantitative estimate of drug-likeness (QED) is 0.784. The predicted molar refractivity (Wildman–Crippen MR) is 89.7 cm³/mol. The monoisotopic (exact) mass is 324 g/mol. The molecule has 1 aliphatic heterocycles. The van der Waals surface area contributed by atoms with Gasteiger partial charge in [0, 0.05) is 19.0 Å². The Labute approximate surface area is 139 Å². The maximum atomic E-state index is 12.4. The number of rotatable bonds is 6. The van der Waals surface area contributed by atoms with Crippen molar-refractivity contribution in [2.24, 2.45) is 17.8 Å². The Bertz CT molecular complexity index is 416. The van der Waals surface area contributed by atoms with Crippen molar-refractivity contribution in [3.05, 3.63) is 0 Å². The van der Waals surface area contributed by atoms with Gasteiger partial charge in [-0.05, 0) is 43.9 Å². The van der Waals surface area contributed by atoms with E-state index in [4.69, 9.17) is 0 Å². The van der Waals surface area contributed by atoms with Crippen molar-refractivity contribution in [2.45, 2.75) is 71.4 Å². The smallest absolute Gasteiger partial charge is 0.225 e. The van der Waals surface area contributed by atoms with E-state index in [-0.39, 0.29) is 30.4 Å². The molecule has 0 aromatic carbocycles. The summed E-state index contributed by atoms with van der Waals surface area (Å²) in [5.74, 6) is 0.949. The third-order valence-electron chi connectivity index (χ3n) is 5.28. The van der Waals surface area contributed by atoms with Crippen molar-refractivity contribution < 1.29 is 14.7 Å². The van der Waals surface area contributed by atoms with Gasteiger partial charge in [0.25, 0.3) is 0 Å². The van der Waals surface area contributed by atoms with Gasteiger partial charge in [-0.2, -0.15) is 0 Å². The Hall–Kier alpha value is -1.10. The molecule has 0 spiro atoms. The van der Waals surface area contributed by atoms with E-state index >= 15 is 0 Å². The third kappa shape index (κ3) is 4.93. The average Bonchev–Trinajstić information content (AvgIpc) is 2.89. The Balaban J connectivity index is 1.87. The summed E-state index contributed by atoms with van der Waals surface area (Å²) in [7, 11) is 0. The lowest BCUT2D eigenvalue weighted by Crippen LogP contribution is -2.43. The Morgan fingerprint density at radius 2 is 1.96 bits per heavy atom. The van der Waals surface area contributed by atoms with Crippen LogP contribution in [0.1, 0.15) is 59.3 Å². The molecule has 1 saturated carbocycles. The maximum absolute atomic E-state index is 12.4. The molecule has 1 aliphatic carbocycles. The van der Waals surface area contributed by atoms with E-state index in [1.165, 1.54) is 12.8 Å². The molecule has 0 radical (unpaired) electrons. The molecule has 2 fully saturated rings. The molecule has 0 aromatic rings. The highest BCUT2D eigenvalue weighted by molar-refractivity contribution is 5.89. The molecule has 2 aliphatic rings. The summed E-state index contributed by atoms with van der Waals surface area (Å²) in [4.78, 5) is 26.7. The van der Waals surface area contributed by atoms with Crippen LogP contribution in [-0.4, -0.2) is 47.1 Å². The van der Waals surface area contributed by atoms with E-state index in [9.17, 15) is 14.7 Å². The van der Waals surface area contributed by atoms with Crippen LogP contribution in [0.2, 0.25) is 0 Å². The van der Waals surface area contributed by atoms with E-state index < -0.39 is 0 Å². The van der Waals surface area contributed by atoms with Crippen molar-refractivity contribution in [2.75, 3.05) is 13.2 Å². The van der Waals surface area contributed by atoms with Gasteiger partial charge in [-0.1, -0.05) is 20.8 Å². The van der Waals surface area contributed by atoms with Crippen LogP contribution in [0.25, 0.3) is 0 Å². The Morgan fingerprint density at radius 3 is 2.52 bits per heavy atom. The zero-order valence-corrected chi connectivity index (χ0v) is 14.8. The van der Waals surface area contributed by atoms with Crippen molar-refractivity contribution >= 4 is 11.8 Å². The molecule has 23 heavy (non-hydrogen) atoms. The fraction of sp³-hybridized carbons (Fsp3) is 0.889. The molecule has 2 atom stereocenters. The normalized spacial score (nSPS) is 29.9. The van der Waals surface area contributed by atoms with Crippen molar-refractivity contribution in [1.29, 1.82) is 0 Å². The molecular weight excluding hydrogens is 292 g/mol. The van der Waals surface area contributed by atoms with Gasteiger partial charge in [-0.25, -0.2) is 0 Å². The second-order valence-electron chi connectivity index (χ2n) is 7.88. The van der Waals surface area contributed by atoms with Crippen LogP contribution in [-0.2, 0) is 9.59 Å². The number of nitrogens with zero attached hydrogens (tertiary/aromatic N) is 1. The molecule has 2 amide bonds. The largest absolute Gasteiger partial charge is 0.394 e. The SMILES string of the molecule is CC(C)CC(CO)NC(=O)C1CC(=O)N(C2CCC(C)CC2)C1. The zero-order chi connectivity index (χ0) is 17.0. The van der Waals surface area contributed by atoms with E-state index in [1.54, 1.807) is 0 Å². The van der Waals surface area contributed by atoms with Gasteiger partial charge >= 0.3 is 0 Å². The van der Waals surface area contributed by atoms with Crippen LogP contribution in [0.3, 0.4) is 0 Å². The second-order valence-corrected chi connectivity index (χ2v) is 7.88. The summed E-state index contributed by atoms with van der Waals surface area (Å²) in [6, 6.07) is 0.114. The first-order valence-corrected chi connectivity index (χ1v) is 9.11. The van der Waals surface area contributed by atoms with E-state index in [1.807, 2.05) is 4.90 Å². The summed E-state index contributed by atoms with van der Waals surface area (Å²) in [5.41, 5.74) is 0. The number of hydrogen-bond donors (Lipinski definition) is 2. The van der Waals surface area contributed by atoms with Gasteiger partial charge in [0.15, 0.2) is 0 Å². The van der Waals surface area contributed by atoms with Crippen molar-refractivity contribution in [3.8, 4) is 0 Å². The molecule has 2 unspecified atom stereocenters. The minimum atomic E-state index is -0.261. The average molecular weight is 324 g/mol. The maximum Gasteiger partial charge on any atom is 0.225 e. The fourth-order valence-corrected chi connectivity index (χ4v) is 3.88. The topological polar surface area (TPSA) is 69.6 Å². The highest BCUT2D eigenvalue weighted by Crippen LogP contribution is 2.31. The fourth-order valence-electron chi connectivity index (χ4n) is 3.88. The molecule has 1 heterocycles. The summed E-state index contributed by atoms with van der Waals surface area (Å²) in [5, 5.41) is 12.3. The first-order chi connectivity index (χ1) is 10.9. The molecule has 2 N–H and O–H groups in total.